The van der Waals surface area contributed by atoms with Crippen molar-refractivity contribution in [1.82, 2.24) is 9.88 Å². The minimum Gasteiger partial charge on any atom is -0.485 e. The Morgan fingerprint density at radius 3 is 2.19 bits per heavy atom. The predicted molar refractivity (Wildman–Crippen MR) is 164 cm³/mol. The average molecular weight is 599 g/mol. The highest BCUT2D eigenvalue weighted by Crippen LogP contribution is 2.47. The Morgan fingerprint density at radius 2 is 1.55 bits per heavy atom. The number of benzene rings is 1. The molecular weight excluding hydrogens is 556 g/mol. The number of fused-ring (bicyclic) bond motifs is 2. The molecule has 0 atom stereocenters. The van der Waals surface area contributed by atoms with Crippen molar-refractivity contribution in [1.29, 1.82) is 0 Å². The molecule has 0 unspecified atom stereocenters. The normalized spacial score (nSPS) is 18.0. The monoisotopic (exact) mass is 598 g/mol. The van der Waals surface area contributed by atoms with E-state index in [1.807, 2.05) is 59.7 Å². The van der Waals surface area contributed by atoms with E-state index < -0.39 is 17.3 Å². The van der Waals surface area contributed by atoms with E-state index in [-0.39, 0.29) is 18.6 Å². The number of hydrogen-bond acceptors (Lipinski definition) is 7. The van der Waals surface area contributed by atoms with Crippen LogP contribution in [0.3, 0.4) is 0 Å². The van der Waals surface area contributed by atoms with Gasteiger partial charge >= 0.3 is 12.2 Å². The van der Waals surface area contributed by atoms with Crippen LogP contribution >= 0.6 is 11.6 Å². The molecule has 0 saturated carbocycles. The second-order valence-electron chi connectivity index (χ2n) is 13.4. The quantitative estimate of drug-likeness (QED) is 0.348. The van der Waals surface area contributed by atoms with Crippen LogP contribution in [0.15, 0.2) is 24.4 Å². The van der Waals surface area contributed by atoms with Gasteiger partial charge in [0.05, 0.1) is 16.3 Å². The van der Waals surface area contributed by atoms with Gasteiger partial charge in [-0.05, 0) is 103 Å². The van der Waals surface area contributed by atoms with Crippen LogP contribution in [0, 0.1) is 0 Å². The molecule has 1 aromatic carbocycles. The number of likely N-dealkylation sites (tertiary alicyclic amines) is 1. The topological polar surface area (TPSA) is 84.4 Å². The van der Waals surface area contributed by atoms with E-state index in [0.29, 0.717) is 35.4 Å². The van der Waals surface area contributed by atoms with Crippen LogP contribution in [0.2, 0.25) is 5.02 Å². The van der Waals surface area contributed by atoms with Gasteiger partial charge in [0.25, 0.3) is 0 Å². The summed E-state index contributed by atoms with van der Waals surface area (Å²) in [6, 6.07) is 5.90. The summed E-state index contributed by atoms with van der Waals surface area (Å²) in [5, 5.41) is 0.429. The zero-order valence-electron chi connectivity index (χ0n) is 25.7. The molecule has 10 heteroatoms. The molecule has 2 amide bonds. The highest BCUT2D eigenvalue weighted by Gasteiger charge is 2.36. The summed E-state index contributed by atoms with van der Waals surface area (Å²) in [6.45, 7) is 14.4. The van der Waals surface area contributed by atoms with Crippen LogP contribution in [0.4, 0.5) is 26.8 Å². The van der Waals surface area contributed by atoms with E-state index in [4.69, 9.17) is 30.8 Å². The van der Waals surface area contributed by atoms with E-state index in [1.54, 1.807) is 11.1 Å². The number of rotatable bonds is 2. The maximum absolute atomic E-state index is 13.9. The van der Waals surface area contributed by atoms with Crippen LogP contribution in [0.1, 0.15) is 90.7 Å². The Bertz CT molecular complexity index is 1320. The number of halogens is 1. The molecule has 228 valence electrons. The molecular formula is C32H43ClN4O5. The molecule has 3 aliphatic heterocycles. The van der Waals surface area contributed by atoms with Crippen LogP contribution < -0.4 is 14.5 Å². The largest absolute Gasteiger partial charge is 0.485 e. The zero-order valence-corrected chi connectivity index (χ0v) is 26.4. The maximum atomic E-state index is 13.9. The first-order valence-corrected chi connectivity index (χ1v) is 15.4. The summed E-state index contributed by atoms with van der Waals surface area (Å²) in [5.41, 5.74) is 2.10. The molecule has 0 spiro atoms. The van der Waals surface area contributed by atoms with Crippen molar-refractivity contribution in [3.8, 4) is 5.75 Å². The highest BCUT2D eigenvalue weighted by molar-refractivity contribution is 6.33. The van der Waals surface area contributed by atoms with Crippen LogP contribution in [-0.4, -0.2) is 59.5 Å². The minimum absolute atomic E-state index is 0.141. The predicted octanol–water partition coefficient (Wildman–Crippen LogP) is 7.81. The van der Waals surface area contributed by atoms with E-state index in [2.05, 4.69) is 4.90 Å². The number of ether oxygens (including phenoxy) is 3. The van der Waals surface area contributed by atoms with Crippen LogP contribution in [0.5, 0.6) is 5.75 Å². The van der Waals surface area contributed by atoms with Crippen molar-refractivity contribution in [2.24, 2.45) is 0 Å². The number of amides is 2. The number of piperidine rings is 2. The number of nitrogens with zero attached hydrogens (tertiary/aromatic N) is 4. The third kappa shape index (κ3) is 6.72. The lowest BCUT2D eigenvalue weighted by Gasteiger charge is -2.34. The molecule has 3 aliphatic rings. The van der Waals surface area contributed by atoms with Crippen molar-refractivity contribution in [3.63, 3.8) is 0 Å². The fourth-order valence-corrected chi connectivity index (χ4v) is 6.13. The van der Waals surface area contributed by atoms with Gasteiger partial charge in [0.2, 0.25) is 0 Å². The van der Waals surface area contributed by atoms with Gasteiger partial charge < -0.3 is 24.0 Å². The second kappa shape index (κ2) is 11.8. The number of carbonyl (C=O) groups excluding carboxylic acids is 2. The van der Waals surface area contributed by atoms with Crippen molar-refractivity contribution in [3.05, 3.63) is 40.5 Å². The van der Waals surface area contributed by atoms with E-state index in [9.17, 15) is 9.59 Å². The van der Waals surface area contributed by atoms with Gasteiger partial charge in [-0.1, -0.05) is 11.6 Å². The van der Waals surface area contributed by atoms with Crippen molar-refractivity contribution >= 4 is 41.0 Å². The lowest BCUT2D eigenvalue weighted by Crippen LogP contribution is -2.41. The summed E-state index contributed by atoms with van der Waals surface area (Å²) in [7, 11) is 0. The maximum Gasteiger partial charge on any atom is 0.420 e. The number of hydrogen-bond donors (Lipinski definition) is 0. The van der Waals surface area contributed by atoms with Gasteiger partial charge in [0, 0.05) is 38.1 Å². The molecule has 0 bridgehead atoms. The third-order valence-electron chi connectivity index (χ3n) is 7.76. The number of anilines is 3. The van der Waals surface area contributed by atoms with E-state index in [0.717, 1.165) is 55.6 Å². The molecule has 2 fully saturated rings. The number of carbonyl (C=O) groups is 2. The average Bonchev–Trinajstić information content (AvgIpc) is 3.09. The molecule has 4 heterocycles. The third-order valence-corrected chi connectivity index (χ3v) is 8.04. The number of aromatic nitrogens is 1. The van der Waals surface area contributed by atoms with Gasteiger partial charge in [0.15, 0.2) is 11.6 Å². The molecule has 2 aromatic rings. The first-order chi connectivity index (χ1) is 19.8. The van der Waals surface area contributed by atoms with Crippen LogP contribution in [0.25, 0.3) is 0 Å². The molecule has 2 saturated heterocycles. The lowest BCUT2D eigenvalue weighted by atomic mass is 9.89. The van der Waals surface area contributed by atoms with Gasteiger partial charge in [-0.25, -0.2) is 19.5 Å². The van der Waals surface area contributed by atoms with E-state index in [1.165, 1.54) is 11.3 Å². The fourth-order valence-electron chi connectivity index (χ4n) is 5.85. The summed E-state index contributed by atoms with van der Waals surface area (Å²) >= 11 is 6.91. The first kappa shape index (κ1) is 30.3. The molecule has 5 rings (SSSR count). The van der Waals surface area contributed by atoms with Gasteiger partial charge in [-0.3, -0.25) is 0 Å². The van der Waals surface area contributed by atoms with Crippen molar-refractivity contribution in [2.45, 2.75) is 97.4 Å². The summed E-state index contributed by atoms with van der Waals surface area (Å²) in [6.07, 6.45) is 5.87. The molecule has 0 aliphatic carbocycles. The van der Waals surface area contributed by atoms with Gasteiger partial charge in [0.1, 0.15) is 17.8 Å². The molecule has 1 aromatic heterocycles. The number of pyridine rings is 1. The Hall–Kier alpha value is -3.20. The Labute approximate surface area is 254 Å². The standard InChI is InChI=1S/C32H43ClN4O5/c1-31(2,3)41-29(38)36-16-11-21(12-17-36)22-18-24(33)27-26(19-22)37(30(39)42-32(4,5)6)28-23(20-40-27)25(10-13-34-28)35-14-8-7-9-15-35/h10,13,18-19,21H,7-9,11-12,14-17,20H2,1-6H3. The minimum atomic E-state index is -0.717. The molecule has 0 N–H and O–H groups in total. The van der Waals surface area contributed by atoms with Gasteiger partial charge in [-0.2, -0.15) is 0 Å². The Balaban J connectivity index is 1.50. The van der Waals surface area contributed by atoms with Crippen LogP contribution in [-0.2, 0) is 16.1 Å². The molecule has 0 radical (unpaired) electrons. The zero-order chi connectivity index (χ0) is 30.2. The summed E-state index contributed by atoms with van der Waals surface area (Å²) in [4.78, 5) is 36.9. The lowest BCUT2D eigenvalue weighted by molar-refractivity contribution is 0.0204. The SMILES string of the molecule is CC(C)(C)OC(=O)N1CCC(c2cc(Cl)c3c(c2)N(C(=O)OC(C)(C)C)c2nccc(N4CCCCC4)c2CO3)CC1. The summed E-state index contributed by atoms with van der Waals surface area (Å²) in [5.74, 6) is 1.07. The highest BCUT2D eigenvalue weighted by atomic mass is 35.5. The summed E-state index contributed by atoms with van der Waals surface area (Å²) < 4.78 is 17.9. The molecule has 9 nitrogen and oxygen atoms in total. The molecule has 42 heavy (non-hydrogen) atoms. The van der Waals surface area contributed by atoms with Crippen molar-refractivity contribution < 1.29 is 23.8 Å². The van der Waals surface area contributed by atoms with Crippen molar-refractivity contribution in [2.75, 3.05) is 36.0 Å². The Morgan fingerprint density at radius 1 is 0.905 bits per heavy atom. The fraction of sp³-hybridized carbons (Fsp3) is 0.594. The Kier molecular flexibility index (Phi) is 8.52. The van der Waals surface area contributed by atoms with Gasteiger partial charge in [-0.15, -0.1) is 0 Å². The second-order valence-corrected chi connectivity index (χ2v) is 13.8. The van der Waals surface area contributed by atoms with E-state index >= 15 is 0 Å². The first-order valence-electron chi connectivity index (χ1n) is 15.0. The smallest absolute Gasteiger partial charge is 0.420 e.